The monoisotopic (exact) mass is 266 g/mol. The Hall–Kier alpha value is -2.13. The molecule has 1 aliphatic rings. The van der Waals surface area contributed by atoms with Crippen LogP contribution >= 0.6 is 0 Å². The normalized spacial score (nSPS) is 17.4. The van der Waals surface area contributed by atoms with Gasteiger partial charge in [0.1, 0.15) is 0 Å². The van der Waals surface area contributed by atoms with Crippen LogP contribution in [-0.2, 0) is 6.42 Å². The fourth-order valence-electron chi connectivity index (χ4n) is 2.65. The molecule has 0 bridgehead atoms. The molecule has 3 heteroatoms. The van der Waals surface area contributed by atoms with Gasteiger partial charge < -0.3 is 10.6 Å². The second-order valence-electron chi connectivity index (χ2n) is 5.16. The fourth-order valence-corrected chi connectivity index (χ4v) is 2.65. The smallest absolute Gasteiger partial charge is 0.255 e. The molecule has 1 heterocycles. The van der Waals surface area contributed by atoms with Crippen molar-refractivity contribution in [2.24, 2.45) is 0 Å². The van der Waals surface area contributed by atoms with E-state index < -0.39 is 0 Å². The first-order chi connectivity index (χ1) is 9.74. The lowest BCUT2D eigenvalue weighted by molar-refractivity contribution is 0.102. The average Bonchev–Trinajstić information content (AvgIpc) is 2.48. The number of nitrogens with one attached hydrogen (secondary N) is 2. The standard InChI is InChI=1S/C17H18N2O/c1-12-16-8-7-15(11-14(16)9-10-18-12)19-17(20)13-5-3-2-4-6-13/h2-8,11-12,18H,9-10H2,1H3,(H,19,20). The van der Waals surface area contributed by atoms with E-state index in [0.29, 0.717) is 11.6 Å². The summed E-state index contributed by atoms with van der Waals surface area (Å²) in [7, 11) is 0. The van der Waals surface area contributed by atoms with Crippen molar-refractivity contribution in [3.63, 3.8) is 0 Å². The molecular formula is C17H18N2O. The van der Waals surface area contributed by atoms with Crippen LogP contribution in [0.15, 0.2) is 48.5 Å². The predicted molar refractivity (Wildman–Crippen MR) is 81.0 cm³/mol. The zero-order valence-electron chi connectivity index (χ0n) is 11.5. The topological polar surface area (TPSA) is 41.1 Å². The molecule has 0 fully saturated rings. The lowest BCUT2D eigenvalue weighted by Crippen LogP contribution is -2.27. The van der Waals surface area contributed by atoms with Gasteiger partial charge in [-0.25, -0.2) is 0 Å². The van der Waals surface area contributed by atoms with Crippen LogP contribution < -0.4 is 10.6 Å². The maximum atomic E-state index is 12.1. The number of amides is 1. The fraction of sp³-hybridized carbons (Fsp3) is 0.235. The molecule has 2 aromatic rings. The van der Waals surface area contributed by atoms with Gasteiger partial charge in [-0.15, -0.1) is 0 Å². The number of benzene rings is 2. The van der Waals surface area contributed by atoms with E-state index >= 15 is 0 Å². The first-order valence-electron chi connectivity index (χ1n) is 6.96. The van der Waals surface area contributed by atoms with Gasteiger partial charge in [0, 0.05) is 17.3 Å². The van der Waals surface area contributed by atoms with Crippen molar-refractivity contribution < 1.29 is 4.79 Å². The number of rotatable bonds is 2. The van der Waals surface area contributed by atoms with Gasteiger partial charge in [0.05, 0.1) is 0 Å². The summed E-state index contributed by atoms with van der Waals surface area (Å²) in [6, 6.07) is 15.8. The Morgan fingerprint density at radius 2 is 2.00 bits per heavy atom. The minimum Gasteiger partial charge on any atom is -0.322 e. The number of hydrogen-bond acceptors (Lipinski definition) is 2. The van der Waals surface area contributed by atoms with Crippen LogP contribution in [0.2, 0.25) is 0 Å². The van der Waals surface area contributed by atoms with E-state index in [2.05, 4.69) is 29.7 Å². The van der Waals surface area contributed by atoms with Gasteiger partial charge in [0.25, 0.3) is 5.91 Å². The van der Waals surface area contributed by atoms with Crippen LogP contribution in [0.4, 0.5) is 5.69 Å². The summed E-state index contributed by atoms with van der Waals surface area (Å²) in [5, 5.41) is 6.40. The molecule has 102 valence electrons. The van der Waals surface area contributed by atoms with Crippen LogP contribution in [0.1, 0.15) is 34.5 Å². The highest BCUT2D eigenvalue weighted by Gasteiger charge is 2.16. The van der Waals surface area contributed by atoms with E-state index in [1.54, 1.807) is 0 Å². The molecule has 2 aromatic carbocycles. The van der Waals surface area contributed by atoms with Gasteiger partial charge in [-0.1, -0.05) is 24.3 Å². The van der Waals surface area contributed by atoms with Crippen molar-refractivity contribution in [2.45, 2.75) is 19.4 Å². The van der Waals surface area contributed by atoms with Crippen molar-refractivity contribution in [2.75, 3.05) is 11.9 Å². The van der Waals surface area contributed by atoms with Crippen LogP contribution in [0.5, 0.6) is 0 Å². The van der Waals surface area contributed by atoms with Crippen LogP contribution in [0.25, 0.3) is 0 Å². The van der Waals surface area contributed by atoms with Crippen molar-refractivity contribution in [3.05, 3.63) is 65.2 Å². The van der Waals surface area contributed by atoms with Gasteiger partial charge in [-0.05, 0) is 55.3 Å². The van der Waals surface area contributed by atoms with Gasteiger partial charge in [0.15, 0.2) is 0 Å². The molecule has 0 aliphatic carbocycles. The highest BCUT2D eigenvalue weighted by Crippen LogP contribution is 2.25. The maximum Gasteiger partial charge on any atom is 0.255 e. The third-order valence-corrected chi connectivity index (χ3v) is 3.75. The maximum absolute atomic E-state index is 12.1. The zero-order chi connectivity index (χ0) is 13.9. The summed E-state index contributed by atoms with van der Waals surface area (Å²) in [6.45, 7) is 3.16. The number of hydrogen-bond donors (Lipinski definition) is 2. The van der Waals surface area contributed by atoms with Crippen LogP contribution in [-0.4, -0.2) is 12.5 Å². The SMILES string of the molecule is CC1NCCc2cc(NC(=O)c3ccccc3)ccc21. The molecule has 0 aromatic heterocycles. The molecule has 0 saturated heterocycles. The highest BCUT2D eigenvalue weighted by atomic mass is 16.1. The zero-order valence-corrected chi connectivity index (χ0v) is 11.5. The van der Waals surface area contributed by atoms with E-state index in [9.17, 15) is 4.79 Å². The predicted octanol–water partition coefficient (Wildman–Crippen LogP) is 3.15. The Kier molecular flexibility index (Phi) is 3.52. The number of carbonyl (C=O) groups excluding carboxylic acids is 1. The number of anilines is 1. The molecule has 1 aliphatic heterocycles. The van der Waals surface area contributed by atoms with E-state index in [0.717, 1.165) is 18.7 Å². The second-order valence-corrected chi connectivity index (χ2v) is 5.16. The molecule has 0 saturated carbocycles. The Labute approximate surface area is 119 Å². The number of fused-ring (bicyclic) bond motifs is 1. The van der Waals surface area contributed by atoms with Crippen molar-refractivity contribution >= 4 is 11.6 Å². The van der Waals surface area contributed by atoms with E-state index in [1.807, 2.05) is 36.4 Å². The first-order valence-corrected chi connectivity index (χ1v) is 6.96. The van der Waals surface area contributed by atoms with Crippen LogP contribution in [0.3, 0.4) is 0 Å². The minimum absolute atomic E-state index is 0.0625. The molecule has 0 spiro atoms. The lowest BCUT2D eigenvalue weighted by atomic mass is 9.95. The first kappa shape index (κ1) is 12.9. The average molecular weight is 266 g/mol. The van der Waals surface area contributed by atoms with Gasteiger partial charge >= 0.3 is 0 Å². The Balaban J connectivity index is 1.80. The van der Waals surface area contributed by atoms with Gasteiger partial charge in [-0.2, -0.15) is 0 Å². The lowest BCUT2D eigenvalue weighted by Gasteiger charge is -2.24. The van der Waals surface area contributed by atoms with Gasteiger partial charge in [-0.3, -0.25) is 4.79 Å². The van der Waals surface area contributed by atoms with Crippen molar-refractivity contribution in [1.29, 1.82) is 0 Å². The molecule has 3 nitrogen and oxygen atoms in total. The summed E-state index contributed by atoms with van der Waals surface area (Å²) < 4.78 is 0. The quantitative estimate of drug-likeness (QED) is 0.876. The van der Waals surface area contributed by atoms with Crippen molar-refractivity contribution in [3.8, 4) is 0 Å². The minimum atomic E-state index is -0.0625. The largest absolute Gasteiger partial charge is 0.322 e. The second kappa shape index (κ2) is 5.47. The summed E-state index contributed by atoms with van der Waals surface area (Å²) >= 11 is 0. The molecule has 1 amide bonds. The summed E-state index contributed by atoms with van der Waals surface area (Å²) in [4.78, 5) is 12.1. The summed E-state index contributed by atoms with van der Waals surface area (Å²) in [6.07, 6.45) is 1.01. The summed E-state index contributed by atoms with van der Waals surface area (Å²) in [5.41, 5.74) is 4.20. The Bertz CT molecular complexity index is 622. The molecule has 3 rings (SSSR count). The van der Waals surface area contributed by atoms with Crippen LogP contribution in [0, 0.1) is 0 Å². The van der Waals surface area contributed by atoms with Crippen molar-refractivity contribution in [1.82, 2.24) is 5.32 Å². The molecule has 0 radical (unpaired) electrons. The molecule has 1 unspecified atom stereocenters. The molecular weight excluding hydrogens is 248 g/mol. The molecule has 1 atom stereocenters. The van der Waals surface area contributed by atoms with E-state index in [1.165, 1.54) is 11.1 Å². The van der Waals surface area contributed by atoms with E-state index in [4.69, 9.17) is 0 Å². The Morgan fingerprint density at radius 1 is 1.20 bits per heavy atom. The molecule has 20 heavy (non-hydrogen) atoms. The number of carbonyl (C=O) groups is 1. The third kappa shape index (κ3) is 2.58. The third-order valence-electron chi connectivity index (χ3n) is 3.75. The summed E-state index contributed by atoms with van der Waals surface area (Å²) in [5.74, 6) is -0.0625. The molecule has 2 N–H and O–H groups in total. The van der Waals surface area contributed by atoms with E-state index in [-0.39, 0.29) is 5.91 Å². The Morgan fingerprint density at radius 3 is 2.80 bits per heavy atom. The highest BCUT2D eigenvalue weighted by molar-refractivity contribution is 6.04. The van der Waals surface area contributed by atoms with Gasteiger partial charge in [0.2, 0.25) is 0 Å².